The summed E-state index contributed by atoms with van der Waals surface area (Å²) in [6, 6.07) is 0. The molecule has 1 heterocycles. The highest BCUT2D eigenvalue weighted by Gasteiger charge is 2.20. The van der Waals surface area contributed by atoms with Gasteiger partial charge in [0.1, 0.15) is 0 Å². The molecule has 0 aromatic carbocycles. The molecule has 0 saturated carbocycles. The molecule has 0 spiro atoms. The van der Waals surface area contributed by atoms with Crippen LogP contribution in [0.25, 0.3) is 0 Å². The predicted octanol–water partition coefficient (Wildman–Crippen LogP) is 2.55. The van der Waals surface area contributed by atoms with Crippen molar-refractivity contribution in [2.75, 3.05) is 11.0 Å². The number of ether oxygens (including phenoxy) is 1. The molecule has 1 fully saturated rings. The van der Waals surface area contributed by atoms with Crippen LogP contribution in [0.5, 0.6) is 0 Å². The number of rotatable bonds is 5. The highest BCUT2D eigenvalue weighted by atomic mass is 127. The molecule has 1 atom stereocenters. The Morgan fingerprint density at radius 3 is 2.70 bits per heavy atom. The topological polar surface area (TPSA) is 12.5 Å². The van der Waals surface area contributed by atoms with Gasteiger partial charge in [-0.2, -0.15) is 0 Å². The van der Waals surface area contributed by atoms with E-state index in [0.29, 0.717) is 6.10 Å². The van der Waals surface area contributed by atoms with E-state index in [9.17, 15) is 0 Å². The largest absolute Gasteiger partial charge is 0.373 e. The van der Waals surface area contributed by atoms with E-state index in [4.69, 9.17) is 4.74 Å². The second-order valence-electron chi connectivity index (χ2n) is 2.48. The van der Waals surface area contributed by atoms with E-state index in [1.807, 2.05) is 0 Å². The maximum absolute atomic E-state index is 5.08. The molecule has 1 aliphatic heterocycles. The summed E-state index contributed by atoms with van der Waals surface area (Å²) in [6.07, 6.45) is 8.75. The van der Waals surface area contributed by atoms with Gasteiger partial charge in [-0.3, -0.25) is 0 Å². The SMILES string of the molecule is ICC/C=C\CC[C@@H]1CO1. The third-order valence-electron chi connectivity index (χ3n) is 1.50. The molecule has 58 valence electrons. The van der Waals surface area contributed by atoms with Crippen LogP contribution in [0.4, 0.5) is 0 Å². The van der Waals surface area contributed by atoms with Gasteiger partial charge in [-0.05, 0) is 19.3 Å². The summed E-state index contributed by atoms with van der Waals surface area (Å²) in [5.74, 6) is 0. The normalized spacial score (nSPS) is 23.9. The van der Waals surface area contributed by atoms with Crippen LogP contribution in [0.2, 0.25) is 0 Å². The van der Waals surface area contributed by atoms with E-state index < -0.39 is 0 Å². The first kappa shape index (κ1) is 8.53. The van der Waals surface area contributed by atoms with Gasteiger partial charge in [0.25, 0.3) is 0 Å². The summed E-state index contributed by atoms with van der Waals surface area (Å²) in [7, 11) is 0. The monoisotopic (exact) mass is 252 g/mol. The summed E-state index contributed by atoms with van der Waals surface area (Å²) < 4.78 is 6.31. The standard InChI is InChI=1S/C8H13IO/c9-6-4-2-1-3-5-8-7-10-8/h1-2,8H,3-7H2/b2-1-/t8-/m1/s1. The molecule has 0 amide bonds. The number of epoxide rings is 1. The first-order chi connectivity index (χ1) is 4.93. The average molecular weight is 252 g/mol. The summed E-state index contributed by atoms with van der Waals surface area (Å²) >= 11 is 2.39. The van der Waals surface area contributed by atoms with Crippen LogP contribution in [-0.4, -0.2) is 17.1 Å². The van der Waals surface area contributed by atoms with Crippen LogP contribution in [0, 0.1) is 0 Å². The van der Waals surface area contributed by atoms with Gasteiger partial charge in [-0.15, -0.1) is 0 Å². The Morgan fingerprint density at radius 1 is 1.40 bits per heavy atom. The Hall–Kier alpha value is 0.430. The molecule has 1 rings (SSSR count). The third kappa shape index (κ3) is 4.28. The zero-order valence-corrected chi connectivity index (χ0v) is 8.21. The van der Waals surface area contributed by atoms with E-state index >= 15 is 0 Å². The molecule has 2 heteroatoms. The fraction of sp³-hybridized carbons (Fsp3) is 0.750. The van der Waals surface area contributed by atoms with Crippen molar-refractivity contribution < 1.29 is 4.74 Å². The first-order valence-electron chi connectivity index (χ1n) is 3.76. The minimum absolute atomic E-state index is 0.601. The minimum atomic E-state index is 0.601. The number of allylic oxidation sites excluding steroid dienone is 2. The number of hydrogen-bond donors (Lipinski definition) is 0. The van der Waals surface area contributed by atoms with E-state index in [2.05, 4.69) is 34.7 Å². The Labute approximate surface area is 76.0 Å². The summed E-state index contributed by atoms with van der Waals surface area (Å²) in [6.45, 7) is 1.00. The zero-order valence-electron chi connectivity index (χ0n) is 6.05. The van der Waals surface area contributed by atoms with Crippen molar-refractivity contribution in [3.8, 4) is 0 Å². The van der Waals surface area contributed by atoms with Gasteiger partial charge in [0.15, 0.2) is 0 Å². The van der Waals surface area contributed by atoms with E-state index in [1.165, 1.54) is 23.7 Å². The summed E-state index contributed by atoms with van der Waals surface area (Å²) in [5.41, 5.74) is 0. The Bertz CT molecular complexity index is 108. The van der Waals surface area contributed by atoms with Crippen LogP contribution in [0.1, 0.15) is 19.3 Å². The maximum Gasteiger partial charge on any atom is 0.0812 e. The van der Waals surface area contributed by atoms with Crippen molar-refractivity contribution in [2.24, 2.45) is 0 Å². The molecule has 1 saturated heterocycles. The van der Waals surface area contributed by atoms with Crippen molar-refractivity contribution in [3.63, 3.8) is 0 Å². The smallest absolute Gasteiger partial charge is 0.0812 e. The van der Waals surface area contributed by atoms with E-state index in [-0.39, 0.29) is 0 Å². The zero-order chi connectivity index (χ0) is 7.23. The highest BCUT2D eigenvalue weighted by molar-refractivity contribution is 14.1. The van der Waals surface area contributed by atoms with Gasteiger partial charge >= 0.3 is 0 Å². The molecule has 0 bridgehead atoms. The minimum Gasteiger partial charge on any atom is -0.373 e. The predicted molar refractivity (Wildman–Crippen MR) is 51.6 cm³/mol. The average Bonchev–Trinajstić information content (AvgIpc) is 2.71. The molecule has 0 radical (unpaired) electrons. The van der Waals surface area contributed by atoms with Crippen LogP contribution in [-0.2, 0) is 4.74 Å². The van der Waals surface area contributed by atoms with Gasteiger partial charge in [0.05, 0.1) is 12.7 Å². The lowest BCUT2D eigenvalue weighted by molar-refractivity contribution is 0.398. The molecule has 0 unspecified atom stereocenters. The molecular formula is C8H13IO. The molecule has 0 aromatic rings. The highest BCUT2D eigenvalue weighted by Crippen LogP contribution is 2.15. The van der Waals surface area contributed by atoms with Crippen molar-refractivity contribution in [1.82, 2.24) is 0 Å². The molecule has 0 aliphatic carbocycles. The van der Waals surface area contributed by atoms with E-state index in [0.717, 1.165) is 6.61 Å². The van der Waals surface area contributed by atoms with Crippen LogP contribution < -0.4 is 0 Å². The van der Waals surface area contributed by atoms with Crippen molar-refractivity contribution >= 4 is 22.6 Å². The molecule has 1 aliphatic rings. The molecular weight excluding hydrogens is 239 g/mol. The summed E-state index contributed by atoms with van der Waals surface area (Å²) in [5, 5.41) is 0. The molecule has 0 N–H and O–H groups in total. The second kappa shape index (κ2) is 5.13. The quantitative estimate of drug-likeness (QED) is 0.317. The molecule has 1 nitrogen and oxygen atoms in total. The second-order valence-corrected chi connectivity index (χ2v) is 3.56. The summed E-state index contributed by atoms with van der Waals surface area (Å²) in [4.78, 5) is 0. The third-order valence-corrected chi connectivity index (χ3v) is 2.12. The lowest BCUT2D eigenvalue weighted by Gasteiger charge is -1.87. The lowest BCUT2D eigenvalue weighted by Crippen LogP contribution is -1.81. The van der Waals surface area contributed by atoms with Crippen LogP contribution >= 0.6 is 22.6 Å². The van der Waals surface area contributed by atoms with Gasteiger partial charge in [-0.25, -0.2) is 0 Å². The van der Waals surface area contributed by atoms with E-state index in [1.54, 1.807) is 0 Å². The van der Waals surface area contributed by atoms with Crippen LogP contribution in [0.15, 0.2) is 12.2 Å². The maximum atomic E-state index is 5.08. The lowest BCUT2D eigenvalue weighted by atomic mass is 10.2. The van der Waals surface area contributed by atoms with Gasteiger partial charge in [0, 0.05) is 4.43 Å². The van der Waals surface area contributed by atoms with Gasteiger partial charge in [-0.1, -0.05) is 34.7 Å². The molecule has 10 heavy (non-hydrogen) atoms. The first-order valence-corrected chi connectivity index (χ1v) is 5.28. The Balaban J connectivity index is 1.83. The number of alkyl halides is 1. The Kier molecular flexibility index (Phi) is 4.37. The molecule has 0 aromatic heterocycles. The van der Waals surface area contributed by atoms with Gasteiger partial charge < -0.3 is 4.74 Å². The van der Waals surface area contributed by atoms with Crippen molar-refractivity contribution in [3.05, 3.63) is 12.2 Å². The van der Waals surface area contributed by atoms with Gasteiger partial charge in [0.2, 0.25) is 0 Å². The van der Waals surface area contributed by atoms with Crippen molar-refractivity contribution in [2.45, 2.75) is 25.4 Å². The fourth-order valence-corrected chi connectivity index (χ4v) is 1.18. The van der Waals surface area contributed by atoms with Crippen LogP contribution in [0.3, 0.4) is 0 Å². The number of hydrogen-bond acceptors (Lipinski definition) is 1. The fourth-order valence-electron chi connectivity index (χ4n) is 0.816. The van der Waals surface area contributed by atoms with Crippen molar-refractivity contribution in [1.29, 1.82) is 0 Å². The number of halogens is 1. The Morgan fingerprint density at radius 2 is 2.10 bits per heavy atom.